The zero-order valence-corrected chi connectivity index (χ0v) is 8.15. The molecule has 1 aliphatic heterocycles. The molecule has 3 unspecified atom stereocenters. The van der Waals surface area contributed by atoms with Gasteiger partial charge < -0.3 is 4.90 Å². The molecule has 1 aliphatic carbocycles. The smallest absolute Gasteiger partial charge is 0.0845 e. The first-order chi connectivity index (χ1) is 4.22. The minimum atomic E-state index is 0.695. The molecule has 2 aliphatic rings. The summed E-state index contributed by atoms with van der Waals surface area (Å²) in [6, 6.07) is 0. The third-order valence-electron chi connectivity index (χ3n) is 2.23. The van der Waals surface area contributed by atoms with Crippen LogP contribution in [0.3, 0.4) is 0 Å². The molecule has 50 valence electrons. The Bertz CT molecular complexity index is 170. The van der Waals surface area contributed by atoms with Crippen LogP contribution in [-0.2, 0) is 0 Å². The van der Waals surface area contributed by atoms with Crippen LogP contribution in [0.4, 0.5) is 0 Å². The Morgan fingerprint density at radius 1 is 1.78 bits per heavy atom. The SMILES string of the molecule is CN1C(=S)C2CC2C1I. The minimum absolute atomic E-state index is 0.695. The number of nitrogens with zero attached hydrogens (tertiary/aromatic N) is 1. The fraction of sp³-hybridized carbons (Fsp3) is 0.833. The Kier molecular flexibility index (Phi) is 1.28. The Balaban J connectivity index is 2.23. The first kappa shape index (κ1) is 6.34. The van der Waals surface area contributed by atoms with Crippen LogP contribution in [0, 0.1) is 11.8 Å². The number of hydrogen-bond acceptors (Lipinski definition) is 1. The molecular weight excluding hydrogens is 245 g/mol. The van der Waals surface area contributed by atoms with Crippen molar-refractivity contribution in [1.29, 1.82) is 0 Å². The standard InChI is InChI=1S/C6H8INS/c1-8-5(7)3-2-4(3)6(8)9/h3-5H,2H2,1H3. The second-order valence-electron chi connectivity index (χ2n) is 2.83. The fourth-order valence-corrected chi connectivity index (χ4v) is 3.14. The predicted molar refractivity (Wildman–Crippen MR) is 49.8 cm³/mol. The Morgan fingerprint density at radius 3 is 2.67 bits per heavy atom. The third-order valence-corrected chi connectivity index (χ3v) is 4.58. The van der Waals surface area contributed by atoms with Crippen molar-refractivity contribution in [3.63, 3.8) is 0 Å². The minimum Gasteiger partial charge on any atom is -0.357 e. The fourth-order valence-electron chi connectivity index (χ4n) is 1.47. The Hall–Kier alpha value is 0.620. The van der Waals surface area contributed by atoms with Crippen LogP contribution in [0.15, 0.2) is 0 Å². The first-order valence-electron chi connectivity index (χ1n) is 3.12. The maximum Gasteiger partial charge on any atom is 0.0845 e. The van der Waals surface area contributed by atoms with Crippen molar-refractivity contribution >= 4 is 39.8 Å². The van der Waals surface area contributed by atoms with Gasteiger partial charge in [0.1, 0.15) is 0 Å². The lowest BCUT2D eigenvalue weighted by Crippen LogP contribution is -2.26. The predicted octanol–water partition coefficient (Wildman–Crippen LogP) is 1.66. The first-order valence-corrected chi connectivity index (χ1v) is 4.78. The molecule has 1 nitrogen and oxygen atoms in total. The molecule has 0 radical (unpaired) electrons. The molecule has 0 N–H and O–H groups in total. The van der Waals surface area contributed by atoms with Crippen LogP contribution in [0.2, 0.25) is 0 Å². The third kappa shape index (κ3) is 0.738. The molecule has 2 rings (SSSR count). The summed E-state index contributed by atoms with van der Waals surface area (Å²) in [5, 5.41) is 0. The molecule has 0 aromatic heterocycles. The number of hydrogen-bond donors (Lipinski definition) is 0. The number of rotatable bonds is 0. The molecule has 1 heterocycles. The van der Waals surface area contributed by atoms with Crippen molar-refractivity contribution in [2.24, 2.45) is 11.8 Å². The summed E-state index contributed by atoms with van der Waals surface area (Å²) in [7, 11) is 2.10. The van der Waals surface area contributed by atoms with E-state index in [2.05, 4.69) is 34.5 Å². The van der Waals surface area contributed by atoms with E-state index in [9.17, 15) is 0 Å². The highest BCUT2D eigenvalue weighted by Gasteiger charge is 2.53. The number of thiocarbonyl (C=S) groups is 1. The Morgan fingerprint density at radius 2 is 2.44 bits per heavy atom. The molecule has 3 heteroatoms. The average molecular weight is 253 g/mol. The maximum atomic E-state index is 5.20. The number of alkyl halides is 1. The van der Waals surface area contributed by atoms with Crippen LogP contribution < -0.4 is 0 Å². The summed E-state index contributed by atoms with van der Waals surface area (Å²) in [6.45, 7) is 0. The van der Waals surface area contributed by atoms with Crippen molar-refractivity contribution in [2.75, 3.05) is 7.05 Å². The van der Waals surface area contributed by atoms with Gasteiger partial charge in [-0.15, -0.1) is 0 Å². The second-order valence-corrected chi connectivity index (χ2v) is 4.52. The zero-order valence-electron chi connectivity index (χ0n) is 5.17. The number of likely N-dealkylation sites (tertiary alicyclic amines) is 1. The maximum absolute atomic E-state index is 5.20. The van der Waals surface area contributed by atoms with E-state index in [0.29, 0.717) is 4.05 Å². The number of fused-ring (bicyclic) bond motifs is 1. The molecular formula is C6H8INS. The van der Waals surface area contributed by atoms with E-state index in [0.717, 1.165) is 11.8 Å². The van der Waals surface area contributed by atoms with Gasteiger partial charge >= 0.3 is 0 Å². The van der Waals surface area contributed by atoms with Crippen molar-refractivity contribution in [2.45, 2.75) is 10.5 Å². The van der Waals surface area contributed by atoms with Gasteiger partial charge in [-0.2, -0.15) is 0 Å². The highest BCUT2D eigenvalue weighted by Crippen LogP contribution is 2.52. The van der Waals surface area contributed by atoms with Gasteiger partial charge in [0.05, 0.1) is 9.04 Å². The van der Waals surface area contributed by atoms with Gasteiger partial charge in [-0.05, 0) is 12.3 Å². The van der Waals surface area contributed by atoms with Gasteiger partial charge in [0.25, 0.3) is 0 Å². The highest BCUT2D eigenvalue weighted by atomic mass is 127. The van der Waals surface area contributed by atoms with Crippen LogP contribution in [0.25, 0.3) is 0 Å². The van der Waals surface area contributed by atoms with Gasteiger partial charge in [-0.25, -0.2) is 0 Å². The van der Waals surface area contributed by atoms with E-state index in [-0.39, 0.29) is 0 Å². The zero-order chi connectivity index (χ0) is 6.59. The molecule has 3 atom stereocenters. The van der Waals surface area contributed by atoms with Gasteiger partial charge in [-0.1, -0.05) is 34.8 Å². The van der Waals surface area contributed by atoms with Crippen molar-refractivity contribution < 1.29 is 0 Å². The molecule has 0 aromatic rings. The lowest BCUT2D eigenvalue weighted by molar-refractivity contribution is 0.493. The molecule has 0 aromatic carbocycles. The van der Waals surface area contributed by atoms with Crippen molar-refractivity contribution in [3.05, 3.63) is 0 Å². The molecule has 1 saturated carbocycles. The molecule has 0 amide bonds. The van der Waals surface area contributed by atoms with E-state index >= 15 is 0 Å². The quantitative estimate of drug-likeness (QED) is 0.279. The molecule has 2 fully saturated rings. The van der Waals surface area contributed by atoms with Crippen LogP contribution >= 0.6 is 34.8 Å². The van der Waals surface area contributed by atoms with Crippen molar-refractivity contribution in [3.8, 4) is 0 Å². The van der Waals surface area contributed by atoms with Crippen LogP contribution in [-0.4, -0.2) is 21.0 Å². The van der Waals surface area contributed by atoms with E-state index in [1.165, 1.54) is 11.4 Å². The molecule has 9 heavy (non-hydrogen) atoms. The number of piperidine rings is 1. The van der Waals surface area contributed by atoms with E-state index in [4.69, 9.17) is 12.2 Å². The van der Waals surface area contributed by atoms with Gasteiger partial charge in [0.15, 0.2) is 0 Å². The van der Waals surface area contributed by atoms with Gasteiger partial charge in [-0.3, -0.25) is 0 Å². The highest BCUT2D eigenvalue weighted by molar-refractivity contribution is 14.1. The van der Waals surface area contributed by atoms with Crippen LogP contribution in [0.1, 0.15) is 6.42 Å². The summed E-state index contributed by atoms with van der Waals surface area (Å²) in [5.74, 6) is 1.69. The summed E-state index contributed by atoms with van der Waals surface area (Å²) in [5.41, 5.74) is 0. The lowest BCUT2D eigenvalue weighted by atomic mass is 10.4. The lowest BCUT2D eigenvalue weighted by Gasteiger charge is -2.18. The van der Waals surface area contributed by atoms with Crippen LogP contribution in [0.5, 0.6) is 0 Å². The van der Waals surface area contributed by atoms with E-state index in [1.54, 1.807) is 0 Å². The summed E-state index contributed by atoms with van der Waals surface area (Å²) in [6.07, 6.45) is 1.36. The average Bonchev–Trinajstić information content (AvgIpc) is 2.56. The van der Waals surface area contributed by atoms with Gasteiger partial charge in [0.2, 0.25) is 0 Å². The molecule has 0 spiro atoms. The van der Waals surface area contributed by atoms with Crippen molar-refractivity contribution in [1.82, 2.24) is 4.90 Å². The van der Waals surface area contributed by atoms with E-state index in [1.807, 2.05) is 0 Å². The Labute approximate surface area is 73.9 Å². The topological polar surface area (TPSA) is 3.24 Å². The largest absolute Gasteiger partial charge is 0.357 e. The monoisotopic (exact) mass is 253 g/mol. The molecule has 0 bridgehead atoms. The summed E-state index contributed by atoms with van der Waals surface area (Å²) in [4.78, 5) is 3.42. The normalized spacial score (nSPS) is 47.6. The van der Waals surface area contributed by atoms with E-state index < -0.39 is 0 Å². The summed E-state index contributed by atoms with van der Waals surface area (Å²) < 4.78 is 0.695. The molecule has 1 saturated heterocycles. The number of halogens is 1. The second kappa shape index (κ2) is 1.81. The summed E-state index contributed by atoms with van der Waals surface area (Å²) >= 11 is 7.68. The van der Waals surface area contributed by atoms with Gasteiger partial charge in [0, 0.05) is 13.0 Å².